The highest BCUT2D eigenvalue weighted by atomic mass is 32.1. The second-order valence-corrected chi connectivity index (χ2v) is 5.72. The highest BCUT2D eigenvalue weighted by Crippen LogP contribution is 2.17. The molecule has 0 aliphatic heterocycles. The monoisotopic (exact) mass is 253 g/mol. The SMILES string of the molecule is Cc1ccc(C(=O)CCC(=O)N(C)C(C)C)s1. The van der Waals surface area contributed by atoms with Crippen molar-refractivity contribution in [3.63, 3.8) is 0 Å². The molecule has 94 valence electrons. The lowest BCUT2D eigenvalue weighted by Crippen LogP contribution is -2.33. The van der Waals surface area contributed by atoms with E-state index in [1.165, 1.54) is 11.3 Å². The maximum Gasteiger partial charge on any atom is 0.222 e. The van der Waals surface area contributed by atoms with Gasteiger partial charge in [-0.15, -0.1) is 11.3 Å². The molecule has 0 radical (unpaired) electrons. The van der Waals surface area contributed by atoms with E-state index in [2.05, 4.69) is 0 Å². The van der Waals surface area contributed by atoms with Crippen LogP contribution in [0.2, 0.25) is 0 Å². The lowest BCUT2D eigenvalue weighted by Gasteiger charge is -2.21. The van der Waals surface area contributed by atoms with Crippen LogP contribution < -0.4 is 0 Å². The normalized spacial score (nSPS) is 10.6. The van der Waals surface area contributed by atoms with Gasteiger partial charge in [-0.1, -0.05) is 0 Å². The first kappa shape index (κ1) is 13.9. The highest BCUT2D eigenvalue weighted by molar-refractivity contribution is 7.14. The zero-order chi connectivity index (χ0) is 13.0. The fraction of sp³-hybridized carbons (Fsp3) is 0.538. The smallest absolute Gasteiger partial charge is 0.222 e. The van der Waals surface area contributed by atoms with E-state index >= 15 is 0 Å². The van der Waals surface area contributed by atoms with Crippen LogP contribution in [0.1, 0.15) is 41.2 Å². The maximum atomic E-state index is 11.8. The van der Waals surface area contributed by atoms with Crippen LogP contribution >= 0.6 is 11.3 Å². The molecular formula is C13H19NO2S. The number of hydrogen-bond donors (Lipinski definition) is 0. The summed E-state index contributed by atoms with van der Waals surface area (Å²) in [5.41, 5.74) is 0. The average Bonchev–Trinajstić information content (AvgIpc) is 2.71. The Bertz CT molecular complexity index is 409. The van der Waals surface area contributed by atoms with Gasteiger partial charge < -0.3 is 4.90 Å². The van der Waals surface area contributed by atoms with Gasteiger partial charge in [0, 0.05) is 30.8 Å². The van der Waals surface area contributed by atoms with Crippen LogP contribution in [0.3, 0.4) is 0 Å². The predicted octanol–water partition coefficient (Wildman–Crippen LogP) is 2.89. The van der Waals surface area contributed by atoms with E-state index in [4.69, 9.17) is 0 Å². The van der Waals surface area contributed by atoms with Crippen molar-refractivity contribution in [3.8, 4) is 0 Å². The molecule has 1 heterocycles. The van der Waals surface area contributed by atoms with Gasteiger partial charge in [0.25, 0.3) is 0 Å². The third-order valence-corrected chi connectivity index (χ3v) is 3.79. The molecule has 0 aliphatic carbocycles. The van der Waals surface area contributed by atoms with Crippen molar-refractivity contribution in [1.82, 2.24) is 4.90 Å². The van der Waals surface area contributed by atoms with E-state index < -0.39 is 0 Å². The van der Waals surface area contributed by atoms with Crippen LogP contribution in [0.4, 0.5) is 0 Å². The van der Waals surface area contributed by atoms with Gasteiger partial charge in [-0.25, -0.2) is 0 Å². The summed E-state index contributed by atoms with van der Waals surface area (Å²) in [7, 11) is 1.77. The Hall–Kier alpha value is -1.16. The molecule has 4 heteroatoms. The number of rotatable bonds is 5. The van der Waals surface area contributed by atoms with Crippen molar-refractivity contribution in [2.75, 3.05) is 7.05 Å². The van der Waals surface area contributed by atoms with Gasteiger partial charge in [-0.2, -0.15) is 0 Å². The molecule has 0 saturated carbocycles. The molecule has 0 aromatic carbocycles. The van der Waals surface area contributed by atoms with E-state index in [9.17, 15) is 9.59 Å². The van der Waals surface area contributed by atoms with Gasteiger partial charge in [-0.05, 0) is 32.9 Å². The van der Waals surface area contributed by atoms with Crippen LogP contribution in [-0.4, -0.2) is 29.7 Å². The average molecular weight is 253 g/mol. The van der Waals surface area contributed by atoms with E-state index in [0.29, 0.717) is 12.8 Å². The summed E-state index contributed by atoms with van der Waals surface area (Å²) in [6.45, 7) is 5.89. The topological polar surface area (TPSA) is 37.4 Å². The van der Waals surface area contributed by atoms with Gasteiger partial charge >= 0.3 is 0 Å². The summed E-state index contributed by atoms with van der Waals surface area (Å²) in [6, 6.07) is 3.94. The van der Waals surface area contributed by atoms with Gasteiger partial charge in [0.2, 0.25) is 5.91 Å². The number of thiophene rings is 1. The predicted molar refractivity (Wildman–Crippen MR) is 70.5 cm³/mol. The lowest BCUT2D eigenvalue weighted by atomic mass is 10.1. The number of Topliss-reactive ketones (excluding diaryl/α,β-unsaturated/α-hetero) is 1. The van der Waals surface area contributed by atoms with Crippen LogP contribution in [0, 0.1) is 6.92 Å². The molecule has 0 bridgehead atoms. The standard InChI is InChI=1S/C13H19NO2S/c1-9(2)14(4)13(16)8-6-11(15)12-7-5-10(3)17-12/h5,7,9H,6,8H2,1-4H3. The summed E-state index contributed by atoms with van der Waals surface area (Å²) < 4.78 is 0. The van der Waals surface area contributed by atoms with Crippen molar-refractivity contribution in [1.29, 1.82) is 0 Å². The molecule has 0 atom stereocenters. The molecule has 1 aromatic heterocycles. The Morgan fingerprint density at radius 1 is 1.29 bits per heavy atom. The van der Waals surface area contributed by atoms with Crippen LogP contribution in [0.25, 0.3) is 0 Å². The molecule has 0 N–H and O–H groups in total. The van der Waals surface area contributed by atoms with E-state index in [1.807, 2.05) is 32.9 Å². The number of carbonyl (C=O) groups is 2. The minimum atomic E-state index is 0.0293. The summed E-state index contributed by atoms with van der Waals surface area (Å²) in [4.78, 5) is 27.0. The molecule has 1 rings (SSSR count). The van der Waals surface area contributed by atoms with E-state index in [1.54, 1.807) is 11.9 Å². The number of aryl methyl sites for hydroxylation is 1. The maximum absolute atomic E-state index is 11.8. The number of nitrogens with zero attached hydrogens (tertiary/aromatic N) is 1. The Morgan fingerprint density at radius 2 is 1.94 bits per heavy atom. The van der Waals surface area contributed by atoms with Crippen LogP contribution in [0.15, 0.2) is 12.1 Å². The molecule has 3 nitrogen and oxygen atoms in total. The Balaban J connectivity index is 2.46. The van der Waals surface area contributed by atoms with Gasteiger partial charge in [0.05, 0.1) is 4.88 Å². The summed E-state index contributed by atoms with van der Waals surface area (Å²) in [6.07, 6.45) is 0.598. The second kappa shape index (κ2) is 5.96. The van der Waals surface area contributed by atoms with Crippen LogP contribution in [0.5, 0.6) is 0 Å². The van der Waals surface area contributed by atoms with Crippen LogP contribution in [-0.2, 0) is 4.79 Å². The van der Waals surface area contributed by atoms with Gasteiger partial charge in [-0.3, -0.25) is 9.59 Å². The fourth-order valence-electron chi connectivity index (χ4n) is 1.39. The molecule has 0 saturated heterocycles. The van der Waals surface area contributed by atoms with E-state index in [-0.39, 0.29) is 17.7 Å². The number of amides is 1. The van der Waals surface area contributed by atoms with Crippen molar-refractivity contribution in [2.45, 2.75) is 39.7 Å². The Morgan fingerprint density at radius 3 is 2.41 bits per heavy atom. The molecule has 0 fully saturated rings. The lowest BCUT2D eigenvalue weighted by molar-refractivity contribution is -0.131. The molecule has 0 unspecified atom stereocenters. The summed E-state index contributed by atoms with van der Waals surface area (Å²) >= 11 is 1.49. The summed E-state index contributed by atoms with van der Waals surface area (Å²) in [5, 5.41) is 0. The molecule has 1 amide bonds. The first-order valence-corrected chi connectivity index (χ1v) is 6.58. The first-order chi connectivity index (χ1) is 7.91. The van der Waals surface area contributed by atoms with Gasteiger partial charge in [0.15, 0.2) is 5.78 Å². The Labute approximate surface area is 106 Å². The minimum Gasteiger partial charge on any atom is -0.343 e. The van der Waals surface area contributed by atoms with Crippen molar-refractivity contribution in [2.24, 2.45) is 0 Å². The second-order valence-electron chi connectivity index (χ2n) is 4.43. The summed E-state index contributed by atoms with van der Waals surface area (Å²) in [5.74, 6) is 0.0928. The van der Waals surface area contributed by atoms with Crippen molar-refractivity contribution < 1.29 is 9.59 Å². The third kappa shape index (κ3) is 3.97. The molecule has 0 spiro atoms. The molecule has 0 aliphatic rings. The zero-order valence-corrected chi connectivity index (χ0v) is 11.6. The molecule has 1 aromatic rings. The number of ketones is 1. The van der Waals surface area contributed by atoms with Crippen molar-refractivity contribution in [3.05, 3.63) is 21.9 Å². The fourth-order valence-corrected chi connectivity index (χ4v) is 2.23. The zero-order valence-electron chi connectivity index (χ0n) is 10.8. The Kier molecular flexibility index (Phi) is 4.87. The largest absolute Gasteiger partial charge is 0.343 e. The van der Waals surface area contributed by atoms with Crippen molar-refractivity contribution >= 4 is 23.0 Å². The first-order valence-electron chi connectivity index (χ1n) is 5.77. The van der Waals surface area contributed by atoms with Gasteiger partial charge in [0.1, 0.15) is 0 Å². The third-order valence-electron chi connectivity index (χ3n) is 2.75. The minimum absolute atomic E-state index is 0.0293. The number of carbonyl (C=O) groups excluding carboxylic acids is 2. The quantitative estimate of drug-likeness (QED) is 0.757. The molecule has 17 heavy (non-hydrogen) atoms. The number of hydrogen-bond acceptors (Lipinski definition) is 3. The van der Waals surface area contributed by atoms with E-state index in [0.717, 1.165) is 9.75 Å². The highest BCUT2D eigenvalue weighted by Gasteiger charge is 2.15. The molecular weight excluding hydrogens is 234 g/mol.